The first kappa shape index (κ1) is 27.6. The van der Waals surface area contributed by atoms with Crippen molar-refractivity contribution in [3.05, 3.63) is 71.8 Å². The van der Waals surface area contributed by atoms with Crippen LogP contribution in [0, 0.1) is 11.8 Å². The Kier molecular flexibility index (Phi) is 12.4. The molecule has 0 saturated carbocycles. The van der Waals surface area contributed by atoms with Crippen LogP contribution in [0.3, 0.4) is 0 Å². The van der Waals surface area contributed by atoms with Crippen LogP contribution in [0.25, 0.3) is 0 Å². The van der Waals surface area contributed by atoms with E-state index in [2.05, 4.69) is 27.7 Å². The van der Waals surface area contributed by atoms with Crippen molar-refractivity contribution < 1.29 is 19.1 Å². The van der Waals surface area contributed by atoms with Crippen LogP contribution in [-0.2, 0) is 19.1 Å². The number of hydrogen-bond acceptors (Lipinski definition) is 4. The van der Waals surface area contributed by atoms with E-state index >= 15 is 0 Å². The van der Waals surface area contributed by atoms with Crippen LogP contribution in [0.15, 0.2) is 60.7 Å². The van der Waals surface area contributed by atoms with E-state index in [0.29, 0.717) is 37.9 Å². The maximum Gasteiger partial charge on any atom is 0.313 e. The maximum absolute atomic E-state index is 13.2. The zero-order valence-corrected chi connectivity index (χ0v) is 21.4. The molecule has 0 saturated heterocycles. The van der Waals surface area contributed by atoms with Crippen LogP contribution < -0.4 is 0 Å². The van der Waals surface area contributed by atoms with Crippen molar-refractivity contribution >= 4 is 11.9 Å². The molecule has 186 valence electrons. The van der Waals surface area contributed by atoms with Gasteiger partial charge in [-0.25, -0.2) is 0 Å². The van der Waals surface area contributed by atoms with Gasteiger partial charge in [0.05, 0.1) is 25.0 Å². The average molecular weight is 467 g/mol. The van der Waals surface area contributed by atoms with Crippen LogP contribution in [0.2, 0.25) is 0 Å². The smallest absolute Gasteiger partial charge is 0.313 e. The fourth-order valence-electron chi connectivity index (χ4n) is 4.20. The zero-order valence-electron chi connectivity index (χ0n) is 21.4. The molecular formula is C30H42O4. The molecule has 4 heteroatoms. The molecule has 0 bridgehead atoms. The summed E-state index contributed by atoms with van der Waals surface area (Å²) in [6.45, 7) is 9.36. The van der Waals surface area contributed by atoms with E-state index in [1.165, 1.54) is 0 Å². The van der Waals surface area contributed by atoms with E-state index < -0.39 is 11.8 Å². The molecular weight excluding hydrogens is 424 g/mol. The SMILES string of the molecule is CCC(CC)COC(=O)C(CCC(C(=O)OCC(CC)CC)c1ccccc1)c1ccccc1. The lowest BCUT2D eigenvalue weighted by molar-refractivity contribution is -0.149. The first-order valence-electron chi connectivity index (χ1n) is 13.0. The quantitative estimate of drug-likeness (QED) is 0.259. The topological polar surface area (TPSA) is 52.6 Å². The van der Waals surface area contributed by atoms with E-state index in [4.69, 9.17) is 9.47 Å². The monoisotopic (exact) mass is 466 g/mol. The van der Waals surface area contributed by atoms with Crippen molar-refractivity contribution in [2.75, 3.05) is 13.2 Å². The van der Waals surface area contributed by atoms with Crippen molar-refractivity contribution in [3.8, 4) is 0 Å². The minimum Gasteiger partial charge on any atom is -0.465 e. The minimum atomic E-state index is -0.409. The Balaban J connectivity index is 2.17. The largest absolute Gasteiger partial charge is 0.465 e. The molecule has 0 spiro atoms. The Morgan fingerprint density at radius 3 is 1.21 bits per heavy atom. The van der Waals surface area contributed by atoms with Gasteiger partial charge in [-0.2, -0.15) is 0 Å². The van der Waals surface area contributed by atoms with Crippen molar-refractivity contribution in [2.45, 2.75) is 78.1 Å². The van der Waals surface area contributed by atoms with Crippen LogP contribution in [0.5, 0.6) is 0 Å². The van der Waals surface area contributed by atoms with Gasteiger partial charge in [0.1, 0.15) is 0 Å². The molecule has 0 fully saturated rings. The second kappa shape index (κ2) is 15.3. The summed E-state index contributed by atoms with van der Waals surface area (Å²) >= 11 is 0. The van der Waals surface area contributed by atoms with E-state index in [0.717, 1.165) is 36.8 Å². The average Bonchev–Trinajstić information content (AvgIpc) is 2.88. The van der Waals surface area contributed by atoms with E-state index in [1.54, 1.807) is 0 Å². The molecule has 2 atom stereocenters. The number of esters is 2. The Morgan fingerprint density at radius 2 is 0.912 bits per heavy atom. The third kappa shape index (κ3) is 8.62. The van der Waals surface area contributed by atoms with Gasteiger partial charge in [0.25, 0.3) is 0 Å². The van der Waals surface area contributed by atoms with Gasteiger partial charge in [0, 0.05) is 0 Å². The van der Waals surface area contributed by atoms with Gasteiger partial charge in [-0.1, -0.05) is 114 Å². The first-order valence-corrected chi connectivity index (χ1v) is 13.0. The van der Waals surface area contributed by atoms with Gasteiger partial charge < -0.3 is 9.47 Å². The molecule has 34 heavy (non-hydrogen) atoms. The van der Waals surface area contributed by atoms with E-state index in [-0.39, 0.29) is 11.9 Å². The molecule has 2 unspecified atom stereocenters. The highest BCUT2D eigenvalue weighted by atomic mass is 16.5. The van der Waals surface area contributed by atoms with Crippen LogP contribution in [-0.4, -0.2) is 25.2 Å². The number of benzene rings is 2. The summed E-state index contributed by atoms with van der Waals surface area (Å²) in [5.74, 6) is -0.497. The van der Waals surface area contributed by atoms with E-state index in [9.17, 15) is 9.59 Å². The predicted octanol–water partition coefficient (Wildman–Crippen LogP) is 7.29. The molecule has 2 aromatic carbocycles. The second-order valence-electron chi connectivity index (χ2n) is 9.13. The first-order chi connectivity index (χ1) is 16.5. The van der Waals surface area contributed by atoms with Crippen molar-refractivity contribution in [1.29, 1.82) is 0 Å². The molecule has 0 amide bonds. The highest BCUT2D eigenvalue weighted by Gasteiger charge is 2.28. The molecule has 0 radical (unpaired) electrons. The predicted molar refractivity (Wildman–Crippen MR) is 138 cm³/mol. The molecule has 0 aromatic heterocycles. The summed E-state index contributed by atoms with van der Waals surface area (Å²) in [5, 5.41) is 0. The summed E-state index contributed by atoms with van der Waals surface area (Å²) < 4.78 is 11.5. The van der Waals surface area contributed by atoms with E-state index in [1.807, 2.05) is 60.7 Å². The lowest BCUT2D eigenvalue weighted by atomic mass is 9.87. The molecule has 4 nitrogen and oxygen atoms in total. The van der Waals surface area contributed by atoms with Gasteiger partial charge in [-0.05, 0) is 35.8 Å². The van der Waals surface area contributed by atoms with Gasteiger partial charge in [-0.3, -0.25) is 9.59 Å². The Hall–Kier alpha value is -2.62. The Labute approximate surface area is 206 Å². The molecule has 0 N–H and O–H groups in total. The van der Waals surface area contributed by atoms with Gasteiger partial charge in [0.2, 0.25) is 0 Å². The van der Waals surface area contributed by atoms with Crippen LogP contribution >= 0.6 is 0 Å². The Bertz CT molecular complexity index is 754. The number of carbonyl (C=O) groups excluding carboxylic acids is 2. The number of carbonyl (C=O) groups is 2. The summed E-state index contributed by atoms with van der Waals surface area (Å²) in [7, 11) is 0. The van der Waals surface area contributed by atoms with Gasteiger partial charge in [0.15, 0.2) is 0 Å². The van der Waals surface area contributed by atoms with Crippen LogP contribution in [0.4, 0.5) is 0 Å². The third-order valence-corrected chi connectivity index (χ3v) is 6.95. The lowest BCUT2D eigenvalue weighted by Crippen LogP contribution is -2.23. The second-order valence-corrected chi connectivity index (χ2v) is 9.13. The van der Waals surface area contributed by atoms with Crippen molar-refractivity contribution in [1.82, 2.24) is 0 Å². The molecule has 0 aliphatic heterocycles. The third-order valence-electron chi connectivity index (χ3n) is 6.95. The van der Waals surface area contributed by atoms with Crippen molar-refractivity contribution in [2.24, 2.45) is 11.8 Å². The fraction of sp³-hybridized carbons (Fsp3) is 0.533. The standard InChI is InChI=1S/C30H42O4/c1-5-23(6-2)21-33-29(31)27(25-15-11-9-12-16-25)19-20-28(26-17-13-10-14-18-26)30(32)34-22-24(7-3)8-4/h9-18,23-24,27-28H,5-8,19-22H2,1-4H3. The fourth-order valence-corrected chi connectivity index (χ4v) is 4.20. The molecule has 0 aliphatic carbocycles. The summed E-state index contributed by atoms with van der Waals surface area (Å²) in [4.78, 5) is 26.3. The number of rotatable bonds is 15. The molecule has 2 aromatic rings. The summed E-state index contributed by atoms with van der Waals surface area (Å²) in [5.41, 5.74) is 1.85. The Morgan fingerprint density at radius 1 is 0.588 bits per heavy atom. The molecule has 0 heterocycles. The van der Waals surface area contributed by atoms with Gasteiger partial charge in [-0.15, -0.1) is 0 Å². The minimum absolute atomic E-state index is 0.213. The molecule has 2 rings (SSSR count). The lowest BCUT2D eigenvalue weighted by Gasteiger charge is -2.22. The maximum atomic E-state index is 13.2. The zero-order chi connectivity index (χ0) is 24.8. The molecule has 0 aliphatic rings. The van der Waals surface area contributed by atoms with Crippen molar-refractivity contribution in [3.63, 3.8) is 0 Å². The normalized spacial score (nSPS) is 13.0. The number of hydrogen-bond donors (Lipinski definition) is 0. The highest BCUT2D eigenvalue weighted by Crippen LogP contribution is 2.31. The summed E-state index contributed by atoms with van der Waals surface area (Å²) in [6.07, 6.45) is 4.98. The highest BCUT2D eigenvalue weighted by molar-refractivity contribution is 5.80. The van der Waals surface area contributed by atoms with Crippen LogP contribution in [0.1, 0.15) is 89.2 Å². The number of ether oxygens (including phenoxy) is 2. The summed E-state index contributed by atoms with van der Waals surface area (Å²) in [6, 6.07) is 19.5. The van der Waals surface area contributed by atoms with Gasteiger partial charge >= 0.3 is 11.9 Å².